The lowest BCUT2D eigenvalue weighted by Gasteiger charge is -2.12. The summed E-state index contributed by atoms with van der Waals surface area (Å²) in [4.78, 5) is 27.8. The van der Waals surface area contributed by atoms with Gasteiger partial charge in [-0.1, -0.05) is 60.7 Å². The van der Waals surface area contributed by atoms with Gasteiger partial charge in [0.05, 0.1) is 34.2 Å². The highest BCUT2D eigenvalue weighted by Crippen LogP contribution is 2.47. The van der Waals surface area contributed by atoms with Crippen molar-refractivity contribution in [2.45, 2.75) is 205 Å². The van der Waals surface area contributed by atoms with Gasteiger partial charge < -0.3 is 0 Å². The van der Waals surface area contributed by atoms with Crippen LogP contribution >= 0.6 is 0 Å². The van der Waals surface area contributed by atoms with E-state index >= 15 is 0 Å². The SMILES string of the molecule is Cc1cc(C)c2c(c1C)Cc1nccc(C)c1-2.Cc1cc(C)c2c(n1)Cc1c-2ccc(C)c1C.Cc1ccc2c(c1C)Cc1ncc(C)c(C)c1-2.Cc1ccc2c(n1)Cc1c(C)c(C)cc(C)c1-2.Cc1ccc2c(n1)Cc1c-2cc(C)c(C)c1C.Cc1cnc2c(c1)-c1c(C)cc(C)c(C)c1C2. The van der Waals surface area contributed by atoms with Crippen molar-refractivity contribution >= 4 is 0 Å². The summed E-state index contributed by atoms with van der Waals surface area (Å²) < 4.78 is 0. The predicted molar refractivity (Wildman–Crippen MR) is 429 cm³/mol. The largest absolute Gasteiger partial charge is 0.260 e. The Kier molecular flexibility index (Phi) is 19.1. The van der Waals surface area contributed by atoms with Gasteiger partial charge in [0.2, 0.25) is 0 Å². The lowest BCUT2D eigenvalue weighted by molar-refractivity contribution is 1.05. The third kappa shape index (κ3) is 12.7. The Morgan fingerprint density at radius 2 is 0.627 bits per heavy atom. The summed E-state index contributed by atoms with van der Waals surface area (Å²) in [6, 6.07) is 33.4. The summed E-state index contributed by atoms with van der Waals surface area (Å²) in [6.45, 7) is 52.4. The summed E-state index contributed by atoms with van der Waals surface area (Å²) in [6.07, 6.45) is 11.9. The van der Waals surface area contributed by atoms with Crippen molar-refractivity contribution in [3.05, 3.63) is 311 Å². The molecule has 6 aromatic heterocycles. The molecule has 102 heavy (non-hydrogen) atoms. The van der Waals surface area contributed by atoms with Crippen molar-refractivity contribution in [2.75, 3.05) is 0 Å². The van der Waals surface area contributed by atoms with Gasteiger partial charge in [-0.05, 0) is 380 Å². The second-order valence-electron chi connectivity index (χ2n) is 30.7. The molecule has 6 heteroatoms. The molecular weight excluding hydrogens is 1240 g/mol. The number of nitrogens with zero attached hydrogens (tertiary/aromatic N) is 6. The lowest BCUT2D eigenvalue weighted by atomic mass is 9.92. The number of aromatic nitrogens is 6. The Hall–Kier alpha value is -9.78. The van der Waals surface area contributed by atoms with Crippen LogP contribution in [0.2, 0.25) is 0 Å². The molecule has 0 radical (unpaired) electrons. The zero-order valence-electron chi connectivity index (χ0n) is 65.3. The summed E-state index contributed by atoms with van der Waals surface area (Å²) in [7, 11) is 0. The number of benzene rings is 6. The van der Waals surface area contributed by atoms with Gasteiger partial charge in [0.15, 0.2) is 0 Å². The number of aryl methyl sites for hydroxylation is 16. The van der Waals surface area contributed by atoms with E-state index in [1.807, 2.05) is 18.6 Å². The van der Waals surface area contributed by atoms with E-state index in [2.05, 4.69) is 282 Å². The second kappa shape index (κ2) is 27.5. The van der Waals surface area contributed by atoms with Crippen molar-refractivity contribution in [1.29, 1.82) is 0 Å². The highest BCUT2D eigenvalue weighted by molar-refractivity contribution is 5.85. The maximum absolute atomic E-state index is 4.70. The molecule has 0 amide bonds. The number of rotatable bonds is 0. The van der Waals surface area contributed by atoms with Gasteiger partial charge in [0, 0.05) is 108 Å². The zero-order chi connectivity index (χ0) is 72.9. The van der Waals surface area contributed by atoms with E-state index in [0.29, 0.717) is 0 Å². The molecular formula is C96H102N6. The lowest BCUT2D eigenvalue weighted by Crippen LogP contribution is -1.94. The van der Waals surface area contributed by atoms with E-state index in [9.17, 15) is 0 Å². The number of fused-ring (bicyclic) bond motifs is 18. The van der Waals surface area contributed by atoms with E-state index in [1.165, 1.54) is 251 Å². The van der Waals surface area contributed by atoms with E-state index in [-0.39, 0.29) is 0 Å². The van der Waals surface area contributed by atoms with Gasteiger partial charge in [-0.25, -0.2) is 0 Å². The quantitative estimate of drug-likeness (QED) is 0.151. The smallest absolute Gasteiger partial charge is 0.0531 e. The summed E-state index contributed by atoms with van der Waals surface area (Å²) >= 11 is 0. The Morgan fingerprint density at radius 3 is 1.24 bits per heavy atom. The highest BCUT2D eigenvalue weighted by Gasteiger charge is 2.30. The predicted octanol–water partition coefficient (Wildman–Crippen LogP) is 23.3. The molecule has 12 aromatic rings. The van der Waals surface area contributed by atoms with Crippen molar-refractivity contribution in [2.24, 2.45) is 0 Å². The molecule has 6 nitrogen and oxygen atoms in total. The first-order valence-electron chi connectivity index (χ1n) is 36.8. The van der Waals surface area contributed by atoms with E-state index in [1.54, 1.807) is 0 Å². The minimum atomic E-state index is 0.999. The van der Waals surface area contributed by atoms with Gasteiger partial charge in [-0.2, -0.15) is 0 Å². The Morgan fingerprint density at radius 1 is 0.206 bits per heavy atom. The van der Waals surface area contributed by atoms with Crippen LogP contribution in [-0.4, -0.2) is 29.9 Å². The Balaban J connectivity index is 0.000000109. The van der Waals surface area contributed by atoms with Crippen LogP contribution in [0.15, 0.2) is 110 Å². The van der Waals surface area contributed by atoms with Crippen LogP contribution in [0.4, 0.5) is 0 Å². The second-order valence-corrected chi connectivity index (χ2v) is 30.7. The van der Waals surface area contributed by atoms with Crippen LogP contribution in [0, 0.1) is 166 Å². The molecule has 0 unspecified atom stereocenters. The molecule has 0 atom stereocenters. The molecule has 0 saturated carbocycles. The molecule has 0 spiro atoms. The standard InChI is InChI=1S/6C16H17N/c1-9-5-14-15(17-8-9)7-13-12(4)10(2)6-11(3)16(13)14;1-9-7-10(2)16-13-6-5-11(3)17-15(13)8-14(16)12(9)4;1-9-7-15-13-6-5-10(2)17-16(13)8-14(15)12(4)11(9)3;1-9-5-6-13-14(11(9)3)7-15-16(13)12(4)10(2)8-17-15;1-9-5-6-17-14-8-13-12(4)10(2)7-11(3)15(13)16(9)14;1-9-5-6-13-14(12(9)4)8-15-16(13)10(2)7-11(3)17-15/h5-6,8H,7H2,1-4H3;2*5-7H,8H2,1-4H3;5-6,8H,7H2,1-4H3;2*5-7H,8H2,1-4H3. The van der Waals surface area contributed by atoms with E-state index in [4.69, 9.17) is 4.98 Å². The van der Waals surface area contributed by atoms with Crippen LogP contribution in [0.3, 0.4) is 0 Å². The first kappa shape index (κ1) is 70.6. The first-order valence-corrected chi connectivity index (χ1v) is 36.8. The van der Waals surface area contributed by atoms with E-state index in [0.717, 1.165) is 55.6 Å². The monoisotopic (exact) mass is 1340 g/mol. The molecule has 6 aliphatic carbocycles. The molecule has 0 fully saturated rings. The maximum atomic E-state index is 4.70. The van der Waals surface area contributed by atoms with Gasteiger partial charge in [-0.3, -0.25) is 29.9 Å². The Bertz CT molecular complexity index is 5500. The highest BCUT2D eigenvalue weighted by atomic mass is 14.7. The molecule has 6 aliphatic rings. The summed E-state index contributed by atoms with van der Waals surface area (Å²) in [5, 5.41) is 0. The average molecular weight is 1340 g/mol. The maximum Gasteiger partial charge on any atom is 0.0531 e. The number of pyridine rings is 6. The fourth-order valence-corrected chi connectivity index (χ4v) is 17.2. The zero-order valence-corrected chi connectivity index (χ0v) is 65.3. The number of hydrogen-bond donors (Lipinski definition) is 0. The van der Waals surface area contributed by atoms with Crippen molar-refractivity contribution in [1.82, 2.24) is 29.9 Å². The summed E-state index contributed by atoms with van der Waals surface area (Å²) in [5.74, 6) is 0. The van der Waals surface area contributed by atoms with Crippen molar-refractivity contribution < 1.29 is 0 Å². The normalized spacial score (nSPS) is 12.5. The molecule has 0 aliphatic heterocycles. The van der Waals surface area contributed by atoms with Crippen LogP contribution in [0.1, 0.15) is 201 Å². The summed E-state index contributed by atoms with van der Waals surface area (Å²) in [5.41, 5.74) is 65.5. The van der Waals surface area contributed by atoms with Crippen molar-refractivity contribution in [3.8, 4) is 66.8 Å². The minimum Gasteiger partial charge on any atom is -0.260 e. The topological polar surface area (TPSA) is 77.3 Å². The van der Waals surface area contributed by atoms with Crippen LogP contribution in [0.25, 0.3) is 66.8 Å². The molecule has 0 bridgehead atoms. The first-order chi connectivity index (χ1) is 48.5. The third-order valence-corrected chi connectivity index (χ3v) is 23.9. The van der Waals surface area contributed by atoms with E-state index < -0.39 is 0 Å². The van der Waals surface area contributed by atoms with Crippen molar-refractivity contribution in [3.63, 3.8) is 0 Å². The van der Waals surface area contributed by atoms with Gasteiger partial charge in [0.25, 0.3) is 0 Å². The van der Waals surface area contributed by atoms with Gasteiger partial charge >= 0.3 is 0 Å². The fraction of sp³-hybridized carbons (Fsp3) is 0.312. The molecule has 18 rings (SSSR count). The molecule has 0 saturated heterocycles. The van der Waals surface area contributed by atoms with Crippen LogP contribution in [0.5, 0.6) is 0 Å². The van der Waals surface area contributed by atoms with Gasteiger partial charge in [-0.15, -0.1) is 0 Å². The number of hydrogen-bond acceptors (Lipinski definition) is 6. The minimum absolute atomic E-state index is 0.999. The molecule has 0 N–H and O–H groups in total. The third-order valence-electron chi connectivity index (χ3n) is 23.9. The van der Waals surface area contributed by atoms with Crippen LogP contribution in [-0.2, 0) is 38.5 Å². The molecule has 6 heterocycles. The molecule has 6 aromatic carbocycles. The fourth-order valence-electron chi connectivity index (χ4n) is 17.2. The van der Waals surface area contributed by atoms with Gasteiger partial charge in [0.1, 0.15) is 0 Å². The average Bonchev–Trinajstić information content (AvgIpc) is 1.64. The van der Waals surface area contributed by atoms with Crippen LogP contribution < -0.4 is 0 Å². The molecule has 516 valence electrons. The Labute approximate surface area is 608 Å².